The van der Waals surface area contributed by atoms with E-state index in [0.29, 0.717) is 17.4 Å². The summed E-state index contributed by atoms with van der Waals surface area (Å²) in [5, 5.41) is 13.1. The van der Waals surface area contributed by atoms with E-state index >= 15 is 0 Å². The molecule has 0 radical (unpaired) electrons. The van der Waals surface area contributed by atoms with Crippen molar-refractivity contribution in [1.82, 2.24) is 5.32 Å². The Morgan fingerprint density at radius 3 is 1.97 bits per heavy atom. The molecule has 0 aromatic carbocycles. The van der Waals surface area contributed by atoms with Gasteiger partial charge in [0, 0.05) is 6.92 Å². The number of rotatable bonds is 20. The Morgan fingerprint density at radius 1 is 0.968 bits per heavy atom. The largest absolute Gasteiger partial charge is 0.472 e. The van der Waals surface area contributed by atoms with Gasteiger partial charge in [-0.15, -0.1) is 0 Å². The van der Waals surface area contributed by atoms with Crippen molar-refractivity contribution in [2.75, 3.05) is 40.9 Å². The summed E-state index contributed by atoms with van der Waals surface area (Å²) in [6.45, 7) is 3.90. The van der Waals surface area contributed by atoms with Gasteiger partial charge in [-0.05, 0) is 6.42 Å². The van der Waals surface area contributed by atoms with E-state index in [9.17, 15) is 19.4 Å². The van der Waals surface area contributed by atoms with Gasteiger partial charge in [0.1, 0.15) is 13.2 Å². The summed E-state index contributed by atoms with van der Waals surface area (Å²) >= 11 is 0. The molecule has 0 bridgehead atoms. The third-order valence-corrected chi connectivity index (χ3v) is 6.12. The van der Waals surface area contributed by atoms with E-state index in [1.807, 2.05) is 21.1 Å². The minimum atomic E-state index is -4.24. The van der Waals surface area contributed by atoms with Crippen LogP contribution >= 0.6 is 7.82 Å². The number of quaternary nitrogens is 1. The Labute approximate surface area is 189 Å². The molecule has 8 nitrogen and oxygen atoms in total. The molecular weight excluding hydrogens is 419 g/mol. The first-order valence-corrected chi connectivity index (χ1v) is 13.3. The number of nitrogens with zero attached hydrogens (tertiary/aromatic N) is 1. The van der Waals surface area contributed by atoms with E-state index in [2.05, 4.69) is 12.2 Å². The molecule has 0 aliphatic rings. The van der Waals surface area contributed by atoms with Gasteiger partial charge in [0.25, 0.3) is 0 Å². The van der Waals surface area contributed by atoms with Gasteiger partial charge < -0.3 is 19.8 Å². The highest BCUT2D eigenvalue weighted by Gasteiger charge is 2.27. The molecule has 0 heterocycles. The zero-order valence-corrected chi connectivity index (χ0v) is 21.4. The zero-order valence-electron chi connectivity index (χ0n) is 20.5. The number of aliphatic hydroxyl groups is 1. The van der Waals surface area contributed by atoms with Crippen molar-refractivity contribution in [3.05, 3.63) is 0 Å². The summed E-state index contributed by atoms with van der Waals surface area (Å²) in [5.74, 6) is -0.325. The molecule has 0 spiro atoms. The lowest BCUT2D eigenvalue weighted by atomic mass is 10.0. The van der Waals surface area contributed by atoms with Gasteiger partial charge >= 0.3 is 7.82 Å². The maximum absolute atomic E-state index is 12.1. The first-order chi connectivity index (χ1) is 14.5. The normalized spacial score (nSPS) is 16.0. The van der Waals surface area contributed by atoms with Crippen LogP contribution in [0.1, 0.15) is 84.5 Å². The summed E-state index contributed by atoms with van der Waals surface area (Å²) in [5.41, 5.74) is 0. The molecule has 31 heavy (non-hydrogen) atoms. The lowest BCUT2D eigenvalue weighted by molar-refractivity contribution is -0.870. The van der Waals surface area contributed by atoms with Crippen LogP contribution in [0, 0.1) is 0 Å². The van der Waals surface area contributed by atoms with Crippen LogP contribution in [0.5, 0.6) is 0 Å². The number of phosphoric acid groups is 1. The monoisotopic (exact) mass is 467 g/mol. The molecule has 1 amide bonds. The molecule has 0 aromatic rings. The van der Waals surface area contributed by atoms with Crippen LogP contribution in [-0.2, 0) is 18.4 Å². The average molecular weight is 468 g/mol. The Morgan fingerprint density at radius 2 is 1.48 bits per heavy atom. The van der Waals surface area contributed by atoms with Gasteiger partial charge in [0.2, 0.25) is 5.91 Å². The van der Waals surface area contributed by atoms with Crippen LogP contribution in [0.3, 0.4) is 0 Å². The highest BCUT2D eigenvalue weighted by molar-refractivity contribution is 7.47. The second kappa shape index (κ2) is 17.0. The van der Waals surface area contributed by atoms with E-state index in [1.54, 1.807) is 0 Å². The van der Waals surface area contributed by atoms with E-state index in [-0.39, 0.29) is 19.1 Å². The smallest absolute Gasteiger partial charge is 0.391 e. The lowest BCUT2D eigenvalue weighted by Gasteiger charge is -2.26. The maximum atomic E-state index is 12.1. The van der Waals surface area contributed by atoms with E-state index in [1.165, 1.54) is 51.9 Å². The quantitative estimate of drug-likeness (QED) is 0.142. The molecule has 186 valence electrons. The fraction of sp³-hybridized carbons (Fsp3) is 0.955. The number of carbonyl (C=O) groups excluding carboxylic acids is 1. The first-order valence-electron chi connectivity index (χ1n) is 11.8. The Bertz CT molecular complexity index is 513. The highest BCUT2D eigenvalue weighted by atomic mass is 31.2. The van der Waals surface area contributed by atoms with Crippen LogP contribution in [0.2, 0.25) is 0 Å². The van der Waals surface area contributed by atoms with E-state index < -0.39 is 20.0 Å². The summed E-state index contributed by atoms with van der Waals surface area (Å²) in [7, 11) is 1.60. The van der Waals surface area contributed by atoms with E-state index in [0.717, 1.165) is 19.3 Å². The molecule has 0 aliphatic carbocycles. The molecule has 0 saturated carbocycles. The number of phosphoric ester groups is 1. The molecule has 0 aromatic heterocycles. The second-order valence-corrected chi connectivity index (χ2v) is 10.9. The van der Waals surface area contributed by atoms with Crippen molar-refractivity contribution < 1.29 is 32.9 Å². The van der Waals surface area contributed by atoms with Gasteiger partial charge in [-0.2, -0.15) is 0 Å². The van der Waals surface area contributed by atoms with Crippen molar-refractivity contribution in [3.63, 3.8) is 0 Å². The minimum Gasteiger partial charge on any atom is -0.391 e. The number of nitrogens with one attached hydrogen (secondary N) is 1. The number of hydrogen-bond acceptors (Lipinski definition) is 5. The number of unbranched alkanes of at least 4 members (excludes halogenated alkanes) is 9. The molecule has 3 atom stereocenters. The fourth-order valence-electron chi connectivity index (χ4n) is 3.19. The van der Waals surface area contributed by atoms with Crippen molar-refractivity contribution in [2.45, 2.75) is 96.6 Å². The first kappa shape index (κ1) is 30.5. The van der Waals surface area contributed by atoms with Gasteiger partial charge in [-0.25, -0.2) is 4.57 Å². The predicted octanol–water partition coefficient (Wildman–Crippen LogP) is 4.00. The molecule has 3 unspecified atom stereocenters. The maximum Gasteiger partial charge on any atom is 0.472 e. The Kier molecular flexibility index (Phi) is 16.8. The van der Waals surface area contributed by atoms with Crippen molar-refractivity contribution in [3.8, 4) is 0 Å². The molecule has 0 aliphatic heterocycles. The summed E-state index contributed by atoms with van der Waals surface area (Å²) in [4.78, 5) is 21.3. The third-order valence-electron chi connectivity index (χ3n) is 5.14. The average Bonchev–Trinajstić information content (AvgIpc) is 2.65. The number of likely N-dealkylation sites (N-methyl/N-ethyl adjacent to an activating group) is 1. The molecular formula is C22H48N2O6P+. The molecule has 9 heteroatoms. The number of hydrogen-bond donors (Lipinski definition) is 3. The topological polar surface area (TPSA) is 105 Å². The minimum absolute atomic E-state index is 0.0727. The highest BCUT2D eigenvalue weighted by Crippen LogP contribution is 2.43. The van der Waals surface area contributed by atoms with Gasteiger partial charge in [-0.3, -0.25) is 13.8 Å². The van der Waals surface area contributed by atoms with Crippen molar-refractivity contribution in [1.29, 1.82) is 0 Å². The van der Waals surface area contributed by atoms with Crippen LogP contribution in [0.25, 0.3) is 0 Å². The van der Waals surface area contributed by atoms with Crippen molar-refractivity contribution >= 4 is 13.7 Å². The van der Waals surface area contributed by atoms with Gasteiger partial charge in [0.05, 0.1) is 39.9 Å². The van der Waals surface area contributed by atoms with Crippen LogP contribution < -0.4 is 5.32 Å². The number of amides is 1. The standard InChI is InChI=1S/C22H47N2O6P/c1-6-7-8-9-10-11-12-13-14-15-16-22(26)21(23-20(2)25)19-30-31(27,28)29-18-17-24(3,4)5/h21-22,26H,6-19H2,1-5H3,(H-,23,25,27,28)/p+1. The van der Waals surface area contributed by atoms with Crippen LogP contribution in [0.4, 0.5) is 0 Å². The predicted molar refractivity (Wildman–Crippen MR) is 125 cm³/mol. The number of aliphatic hydroxyl groups excluding tert-OH is 1. The Hall–Kier alpha value is -0.500. The third kappa shape index (κ3) is 19.9. The summed E-state index contributed by atoms with van der Waals surface area (Å²) in [6.07, 6.45) is 11.7. The van der Waals surface area contributed by atoms with Gasteiger partial charge in [-0.1, -0.05) is 71.1 Å². The number of carbonyl (C=O) groups is 1. The molecule has 3 N–H and O–H groups in total. The van der Waals surface area contributed by atoms with Crippen LogP contribution in [0.15, 0.2) is 0 Å². The van der Waals surface area contributed by atoms with Gasteiger partial charge in [0.15, 0.2) is 0 Å². The SMILES string of the molecule is CCCCCCCCCCCCC(O)C(COP(=O)(O)OCC[N+](C)(C)C)NC(C)=O. The second-order valence-electron chi connectivity index (χ2n) is 9.46. The fourth-order valence-corrected chi connectivity index (χ4v) is 3.93. The van der Waals surface area contributed by atoms with E-state index in [4.69, 9.17) is 9.05 Å². The zero-order chi connectivity index (χ0) is 23.8. The molecule has 0 rings (SSSR count). The molecule has 0 saturated heterocycles. The summed E-state index contributed by atoms with van der Waals surface area (Å²) < 4.78 is 22.7. The summed E-state index contributed by atoms with van der Waals surface area (Å²) in [6, 6.07) is -0.751. The lowest BCUT2D eigenvalue weighted by Crippen LogP contribution is -2.45. The van der Waals surface area contributed by atoms with Crippen molar-refractivity contribution in [2.24, 2.45) is 0 Å². The van der Waals surface area contributed by atoms with Crippen LogP contribution in [-0.4, -0.2) is 73.4 Å². The molecule has 0 fully saturated rings. The Balaban J connectivity index is 4.18.